The number of carbonyl (C=O) groups excluding carboxylic acids is 1. The van der Waals surface area contributed by atoms with Gasteiger partial charge in [-0.2, -0.15) is 0 Å². The van der Waals surface area contributed by atoms with E-state index in [-0.39, 0.29) is 11.8 Å². The van der Waals surface area contributed by atoms with Crippen LogP contribution in [-0.4, -0.2) is 19.1 Å². The summed E-state index contributed by atoms with van der Waals surface area (Å²) < 4.78 is 5.49. The molecule has 0 atom stereocenters. The Morgan fingerprint density at radius 2 is 1.89 bits per heavy atom. The lowest BCUT2D eigenvalue weighted by atomic mass is 10.0. The molecule has 0 saturated carbocycles. The molecule has 1 aromatic carbocycles. The molecule has 1 N–H and O–H groups in total. The van der Waals surface area contributed by atoms with Crippen LogP contribution in [0.25, 0.3) is 0 Å². The van der Waals surface area contributed by atoms with E-state index in [9.17, 15) is 4.79 Å². The molecule has 1 rings (SSSR count). The molecule has 0 fully saturated rings. The highest BCUT2D eigenvalue weighted by Gasteiger charge is 2.12. The molecule has 0 radical (unpaired) electrons. The molecule has 1 aromatic rings. The predicted octanol–water partition coefficient (Wildman–Crippen LogP) is 3.27. The normalized spacial score (nSPS) is 10.4. The number of rotatable bonds is 7. The van der Waals surface area contributed by atoms with Crippen LogP contribution >= 0.6 is 11.6 Å². The monoisotopic (exact) mass is 269 g/mol. The summed E-state index contributed by atoms with van der Waals surface area (Å²) in [5, 5.41) is 3.56. The van der Waals surface area contributed by atoms with Gasteiger partial charge in [0.05, 0.1) is 6.54 Å². The van der Waals surface area contributed by atoms with Crippen molar-refractivity contribution < 1.29 is 9.53 Å². The average molecular weight is 270 g/mol. The highest BCUT2D eigenvalue weighted by Crippen LogP contribution is 2.15. The molecule has 0 spiro atoms. The Morgan fingerprint density at radius 1 is 1.28 bits per heavy atom. The highest BCUT2D eigenvalue weighted by molar-refractivity contribution is 6.30. The van der Waals surface area contributed by atoms with Crippen molar-refractivity contribution in [3.63, 3.8) is 0 Å². The Kier molecular flexibility index (Phi) is 6.58. The summed E-state index contributed by atoms with van der Waals surface area (Å²) in [4.78, 5) is 11.7. The number of amides is 1. The zero-order valence-electron chi connectivity index (χ0n) is 10.9. The first kappa shape index (κ1) is 14.8. The molecule has 4 heteroatoms. The largest absolute Gasteiger partial charge is 0.492 e. The van der Waals surface area contributed by atoms with E-state index < -0.39 is 0 Å². The van der Waals surface area contributed by atoms with Crippen LogP contribution in [0.15, 0.2) is 24.3 Å². The van der Waals surface area contributed by atoms with Crippen LogP contribution in [0.1, 0.15) is 26.7 Å². The van der Waals surface area contributed by atoms with Gasteiger partial charge in [0.1, 0.15) is 12.4 Å². The van der Waals surface area contributed by atoms with Crippen molar-refractivity contribution in [2.24, 2.45) is 5.92 Å². The van der Waals surface area contributed by atoms with E-state index in [2.05, 4.69) is 5.32 Å². The summed E-state index contributed by atoms with van der Waals surface area (Å²) in [6, 6.07) is 7.18. The van der Waals surface area contributed by atoms with E-state index in [1.165, 1.54) is 0 Å². The van der Waals surface area contributed by atoms with Crippen LogP contribution in [0.4, 0.5) is 0 Å². The summed E-state index contributed by atoms with van der Waals surface area (Å²) in [6.07, 6.45) is 1.75. The maximum atomic E-state index is 11.7. The molecule has 3 nitrogen and oxygen atoms in total. The van der Waals surface area contributed by atoms with Gasteiger partial charge in [-0.25, -0.2) is 0 Å². The zero-order valence-corrected chi connectivity index (χ0v) is 11.7. The van der Waals surface area contributed by atoms with Crippen LogP contribution < -0.4 is 10.1 Å². The van der Waals surface area contributed by atoms with Crippen molar-refractivity contribution in [3.05, 3.63) is 29.3 Å². The second-order valence-corrected chi connectivity index (χ2v) is 4.54. The first-order chi connectivity index (χ1) is 8.67. The van der Waals surface area contributed by atoms with E-state index in [1.807, 2.05) is 26.0 Å². The van der Waals surface area contributed by atoms with Crippen LogP contribution in [0.5, 0.6) is 5.75 Å². The van der Waals surface area contributed by atoms with Crippen molar-refractivity contribution in [1.29, 1.82) is 0 Å². The van der Waals surface area contributed by atoms with Gasteiger partial charge in [-0.15, -0.1) is 0 Å². The topological polar surface area (TPSA) is 38.3 Å². The summed E-state index contributed by atoms with van der Waals surface area (Å²) in [6.45, 7) is 5.04. The summed E-state index contributed by atoms with van der Waals surface area (Å²) in [5.41, 5.74) is 0. The fraction of sp³-hybridized carbons (Fsp3) is 0.500. The first-order valence-corrected chi connectivity index (χ1v) is 6.71. The van der Waals surface area contributed by atoms with Crippen molar-refractivity contribution in [2.45, 2.75) is 26.7 Å². The molecular formula is C14H20ClNO2. The summed E-state index contributed by atoms with van der Waals surface area (Å²) >= 11 is 5.77. The van der Waals surface area contributed by atoms with Crippen molar-refractivity contribution in [2.75, 3.05) is 13.2 Å². The Hall–Kier alpha value is -1.22. The summed E-state index contributed by atoms with van der Waals surface area (Å²) in [7, 11) is 0. The van der Waals surface area contributed by atoms with Crippen LogP contribution in [-0.2, 0) is 4.79 Å². The van der Waals surface area contributed by atoms with Crippen LogP contribution in [0.2, 0.25) is 5.02 Å². The Morgan fingerprint density at radius 3 is 2.44 bits per heavy atom. The molecule has 0 aromatic heterocycles. The minimum absolute atomic E-state index is 0.111. The van der Waals surface area contributed by atoms with Gasteiger partial charge in [-0.05, 0) is 37.1 Å². The third-order valence-corrected chi connectivity index (χ3v) is 3.09. The molecule has 0 saturated heterocycles. The number of benzene rings is 1. The van der Waals surface area contributed by atoms with Gasteiger partial charge < -0.3 is 10.1 Å². The van der Waals surface area contributed by atoms with Gasteiger partial charge in [0.15, 0.2) is 0 Å². The molecule has 0 heterocycles. The molecule has 100 valence electrons. The fourth-order valence-electron chi connectivity index (χ4n) is 1.68. The second-order valence-electron chi connectivity index (χ2n) is 4.11. The van der Waals surface area contributed by atoms with Crippen molar-refractivity contribution >= 4 is 17.5 Å². The van der Waals surface area contributed by atoms with E-state index in [1.54, 1.807) is 12.1 Å². The maximum Gasteiger partial charge on any atom is 0.223 e. The SMILES string of the molecule is CCC(CC)C(=O)NCCOc1ccc(Cl)cc1. The highest BCUT2D eigenvalue weighted by atomic mass is 35.5. The molecule has 0 unspecified atom stereocenters. The molecule has 0 aliphatic rings. The second kappa shape index (κ2) is 7.98. The zero-order chi connectivity index (χ0) is 13.4. The lowest BCUT2D eigenvalue weighted by Crippen LogP contribution is -2.33. The van der Waals surface area contributed by atoms with E-state index in [0.29, 0.717) is 18.2 Å². The van der Waals surface area contributed by atoms with Gasteiger partial charge in [-0.3, -0.25) is 4.79 Å². The number of ether oxygens (including phenoxy) is 1. The number of hydrogen-bond donors (Lipinski definition) is 1. The Bertz CT molecular complexity index is 361. The number of carbonyl (C=O) groups is 1. The Balaban J connectivity index is 2.22. The molecule has 1 amide bonds. The van der Waals surface area contributed by atoms with Crippen LogP contribution in [0.3, 0.4) is 0 Å². The predicted molar refractivity (Wildman–Crippen MR) is 74.0 cm³/mol. The minimum Gasteiger partial charge on any atom is -0.492 e. The standard InChI is InChI=1S/C14H20ClNO2/c1-3-11(4-2)14(17)16-9-10-18-13-7-5-12(15)6-8-13/h5-8,11H,3-4,9-10H2,1-2H3,(H,16,17). The van der Waals surface area contributed by atoms with E-state index in [0.717, 1.165) is 18.6 Å². The number of hydrogen-bond acceptors (Lipinski definition) is 2. The lowest BCUT2D eigenvalue weighted by molar-refractivity contribution is -0.125. The van der Waals surface area contributed by atoms with Crippen LogP contribution in [0, 0.1) is 5.92 Å². The van der Waals surface area contributed by atoms with Gasteiger partial charge in [0.25, 0.3) is 0 Å². The van der Waals surface area contributed by atoms with Gasteiger partial charge in [0, 0.05) is 10.9 Å². The quantitative estimate of drug-likeness (QED) is 0.772. The van der Waals surface area contributed by atoms with Gasteiger partial charge >= 0.3 is 0 Å². The van der Waals surface area contributed by atoms with Gasteiger partial charge in [-0.1, -0.05) is 25.4 Å². The average Bonchev–Trinajstić information content (AvgIpc) is 2.38. The smallest absolute Gasteiger partial charge is 0.223 e. The molecule has 0 bridgehead atoms. The number of halogens is 1. The van der Waals surface area contributed by atoms with E-state index >= 15 is 0 Å². The first-order valence-electron chi connectivity index (χ1n) is 6.33. The molecule has 0 aliphatic heterocycles. The number of nitrogens with one attached hydrogen (secondary N) is 1. The van der Waals surface area contributed by atoms with Crippen molar-refractivity contribution in [1.82, 2.24) is 5.32 Å². The minimum atomic E-state index is 0.111. The lowest BCUT2D eigenvalue weighted by Gasteiger charge is -2.13. The van der Waals surface area contributed by atoms with Crippen molar-refractivity contribution in [3.8, 4) is 5.75 Å². The Labute approximate surface area is 113 Å². The third kappa shape index (κ3) is 4.96. The molecule has 18 heavy (non-hydrogen) atoms. The molecule has 0 aliphatic carbocycles. The summed E-state index contributed by atoms with van der Waals surface area (Å²) in [5.74, 6) is 0.983. The van der Waals surface area contributed by atoms with Gasteiger partial charge in [0.2, 0.25) is 5.91 Å². The third-order valence-electron chi connectivity index (χ3n) is 2.84. The molecular weight excluding hydrogens is 250 g/mol. The van der Waals surface area contributed by atoms with E-state index in [4.69, 9.17) is 16.3 Å². The fourth-order valence-corrected chi connectivity index (χ4v) is 1.80. The maximum absolute atomic E-state index is 11.7.